The zero-order valence-corrected chi connectivity index (χ0v) is 15.7. The van der Waals surface area contributed by atoms with E-state index in [1.165, 1.54) is 36.4 Å². The predicted octanol–water partition coefficient (Wildman–Crippen LogP) is 2.52. The van der Waals surface area contributed by atoms with Gasteiger partial charge in [0.1, 0.15) is 22.2 Å². The van der Waals surface area contributed by atoms with Gasteiger partial charge in [-0.25, -0.2) is 0 Å². The molecule has 0 saturated heterocycles. The molecule has 0 saturated carbocycles. The van der Waals surface area contributed by atoms with Crippen LogP contribution in [0, 0.1) is 0 Å². The van der Waals surface area contributed by atoms with Gasteiger partial charge in [-0.2, -0.15) is 0 Å². The molecule has 0 aliphatic rings. The van der Waals surface area contributed by atoms with E-state index in [2.05, 4.69) is 19.4 Å². The van der Waals surface area contributed by atoms with Gasteiger partial charge < -0.3 is 19.4 Å². The van der Waals surface area contributed by atoms with Crippen LogP contribution in [0.5, 0.6) is 11.5 Å². The lowest BCUT2D eigenvalue weighted by atomic mass is 10.2. The van der Waals surface area contributed by atoms with Crippen LogP contribution in [0.2, 0.25) is 0 Å². The van der Waals surface area contributed by atoms with Crippen LogP contribution in [0.3, 0.4) is 0 Å². The van der Waals surface area contributed by atoms with Crippen molar-refractivity contribution in [3.63, 3.8) is 0 Å². The number of hydrogen-bond donors (Lipinski definition) is 2. The minimum Gasteiger partial charge on any atom is -0.406 e. The summed E-state index contributed by atoms with van der Waals surface area (Å²) in [5.41, 5.74) is -0.776. The molecule has 6 nitrogen and oxygen atoms in total. The molecule has 1 aromatic heterocycles. The van der Waals surface area contributed by atoms with Crippen molar-refractivity contribution in [2.45, 2.75) is 12.7 Å². The Morgan fingerprint density at radius 1 is 0.594 bits per heavy atom. The van der Waals surface area contributed by atoms with Gasteiger partial charge in [-0.3, -0.25) is 9.59 Å². The summed E-state index contributed by atoms with van der Waals surface area (Å²) in [5, 5.41) is -0.323. The average Bonchev–Trinajstić information content (AvgIpc) is 2.66. The molecule has 0 fully saturated rings. The smallest absolute Gasteiger partial charge is 0.406 e. The SMILES string of the molecule is O=c1[nH]/c(=C\c2ccc(OC(F)(F)F)cc2)c(=O)[nH]/c1=C\c1ccc(OC(F)(F)F)cc1. The largest absolute Gasteiger partial charge is 0.573 e. The van der Waals surface area contributed by atoms with Gasteiger partial charge in [0.15, 0.2) is 0 Å². The third-order valence-corrected chi connectivity index (χ3v) is 3.84. The highest BCUT2D eigenvalue weighted by molar-refractivity contribution is 5.51. The van der Waals surface area contributed by atoms with Gasteiger partial charge in [0.2, 0.25) is 0 Å². The lowest BCUT2D eigenvalue weighted by Gasteiger charge is -2.08. The Labute approximate surface area is 174 Å². The number of ether oxygens (including phenoxy) is 2. The molecule has 0 aliphatic carbocycles. The summed E-state index contributed by atoms with van der Waals surface area (Å²) < 4.78 is 80.7. The summed E-state index contributed by atoms with van der Waals surface area (Å²) in [4.78, 5) is 29.2. The van der Waals surface area contributed by atoms with Crippen molar-refractivity contribution in [1.82, 2.24) is 9.97 Å². The number of halogens is 6. The van der Waals surface area contributed by atoms with Gasteiger partial charge in [0.05, 0.1) is 0 Å². The Morgan fingerprint density at radius 3 is 1.19 bits per heavy atom. The van der Waals surface area contributed by atoms with Crippen LogP contribution in [0.25, 0.3) is 12.2 Å². The highest BCUT2D eigenvalue weighted by Crippen LogP contribution is 2.23. The van der Waals surface area contributed by atoms with E-state index in [1.807, 2.05) is 0 Å². The minimum atomic E-state index is -4.84. The molecule has 12 heteroatoms. The van der Waals surface area contributed by atoms with E-state index in [1.54, 1.807) is 0 Å². The van der Waals surface area contributed by atoms with Crippen LogP contribution in [-0.2, 0) is 0 Å². The molecule has 0 amide bonds. The summed E-state index contributed by atoms with van der Waals surface area (Å²) in [7, 11) is 0. The summed E-state index contributed by atoms with van der Waals surface area (Å²) in [5.74, 6) is -0.901. The average molecular weight is 458 g/mol. The second-order valence-electron chi connectivity index (χ2n) is 6.26. The fourth-order valence-corrected chi connectivity index (χ4v) is 2.56. The maximum atomic E-state index is 12.3. The first-order valence-corrected chi connectivity index (χ1v) is 8.66. The van der Waals surface area contributed by atoms with E-state index >= 15 is 0 Å². The standard InChI is InChI=1S/C20H12F6N2O4/c21-19(22,23)31-13-5-1-11(2-6-13)9-15-17(29)28-16(18(30)27-15)10-12-3-7-14(8-4-12)32-20(24,25)26/h1-10H,(H,27,30)(H,28,29)/b15-9-,16-10-. The number of aromatic nitrogens is 2. The Balaban J connectivity index is 1.88. The topological polar surface area (TPSA) is 84.2 Å². The second kappa shape index (κ2) is 8.65. The van der Waals surface area contributed by atoms with Crippen molar-refractivity contribution < 1.29 is 35.8 Å². The van der Waals surface area contributed by atoms with Gasteiger partial charge in [0.25, 0.3) is 11.1 Å². The normalized spacial score (nSPS) is 13.3. The van der Waals surface area contributed by atoms with Crippen LogP contribution in [0.15, 0.2) is 58.1 Å². The van der Waals surface area contributed by atoms with Gasteiger partial charge in [-0.1, -0.05) is 24.3 Å². The molecule has 2 N–H and O–H groups in total. The van der Waals surface area contributed by atoms with Crippen molar-refractivity contribution in [2.75, 3.05) is 0 Å². The molecule has 0 bridgehead atoms. The molecular weight excluding hydrogens is 446 g/mol. The molecule has 2 aromatic carbocycles. The molecule has 0 radical (unpaired) electrons. The number of hydrogen-bond acceptors (Lipinski definition) is 4. The molecule has 0 aliphatic heterocycles. The van der Waals surface area contributed by atoms with Gasteiger partial charge in [-0.05, 0) is 47.5 Å². The van der Waals surface area contributed by atoms with E-state index in [9.17, 15) is 35.9 Å². The molecule has 0 spiro atoms. The van der Waals surface area contributed by atoms with Crippen LogP contribution >= 0.6 is 0 Å². The molecule has 3 rings (SSSR count). The molecule has 1 heterocycles. The van der Waals surface area contributed by atoms with E-state index in [0.29, 0.717) is 11.1 Å². The van der Waals surface area contributed by atoms with Crippen molar-refractivity contribution in [3.8, 4) is 11.5 Å². The maximum absolute atomic E-state index is 12.3. The summed E-state index contributed by atoms with van der Waals surface area (Å²) >= 11 is 0. The zero-order chi connectivity index (χ0) is 23.5. The number of aromatic amines is 2. The lowest BCUT2D eigenvalue weighted by Crippen LogP contribution is -2.46. The number of H-pyrrole nitrogens is 2. The highest BCUT2D eigenvalue weighted by atomic mass is 19.4. The van der Waals surface area contributed by atoms with Gasteiger partial charge in [-0.15, -0.1) is 26.3 Å². The Hall–Kier alpha value is -3.96. The van der Waals surface area contributed by atoms with Gasteiger partial charge >= 0.3 is 12.7 Å². The Kier molecular flexibility index (Phi) is 6.14. The number of nitrogens with one attached hydrogen (secondary N) is 2. The van der Waals surface area contributed by atoms with E-state index in [0.717, 1.165) is 24.3 Å². The molecule has 0 atom stereocenters. The molecular formula is C20H12F6N2O4. The first-order valence-electron chi connectivity index (χ1n) is 8.66. The number of benzene rings is 2. The third-order valence-electron chi connectivity index (χ3n) is 3.84. The Bertz CT molecular complexity index is 1220. The van der Waals surface area contributed by atoms with Crippen molar-refractivity contribution in [2.24, 2.45) is 0 Å². The summed E-state index contributed by atoms with van der Waals surface area (Å²) in [6, 6.07) is 9.18. The molecule has 32 heavy (non-hydrogen) atoms. The van der Waals surface area contributed by atoms with Crippen molar-refractivity contribution in [1.29, 1.82) is 0 Å². The maximum Gasteiger partial charge on any atom is 0.573 e. The zero-order valence-electron chi connectivity index (χ0n) is 15.7. The predicted molar refractivity (Wildman–Crippen MR) is 100 cm³/mol. The fraction of sp³-hybridized carbons (Fsp3) is 0.100. The van der Waals surface area contributed by atoms with E-state index < -0.39 is 35.3 Å². The minimum absolute atomic E-state index is 0.162. The van der Waals surface area contributed by atoms with Crippen LogP contribution < -0.4 is 31.3 Å². The summed E-state index contributed by atoms with van der Waals surface area (Å²) in [6.45, 7) is 0. The molecule has 168 valence electrons. The monoisotopic (exact) mass is 458 g/mol. The van der Waals surface area contributed by atoms with Crippen molar-refractivity contribution in [3.05, 3.63) is 91.1 Å². The van der Waals surface area contributed by atoms with Crippen LogP contribution in [0.4, 0.5) is 26.3 Å². The Morgan fingerprint density at radius 2 is 0.906 bits per heavy atom. The van der Waals surface area contributed by atoms with Crippen molar-refractivity contribution >= 4 is 12.2 Å². The number of rotatable bonds is 4. The first-order chi connectivity index (χ1) is 14.9. The van der Waals surface area contributed by atoms with E-state index in [4.69, 9.17) is 0 Å². The molecule has 3 aromatic rings. The quantitative estimate of drug-likeness (QED) is 0.589. The highest BCUT2D eigenvalue weighted by Gasteiger charge is 2.31. The third kappa shape index (κ3) is 6.52. The first kappa shape index (κ1) is 22.7. The second-order valence-corrected chi connectivity index (χ2v) is 6.26. The van der Waals surface area contributed by atoms with Crippen LogP contribution in [0.1, 0.15) is 11.1 Å². The van der Waals surface area contributed by atoms with E-state index in [-0.39, 0.29) is 10.7 Å². The molecule has 0 unspecified atom stereocenters. The summed E-state index contributed by atoms with van der Waals surface area (Å²) in [6.07, 6.45) is -7.20. The van der Waals surface area contributed by atoms with Gasteiger partial charge in [0, 0.05) is 0 Å². The van der Waals surface area contributed by atoms with Crippen LogP contribution in [-0.4, -0.2) is 22.7 Å². The lowest BCUT2D eigenvalue weighted by molar-refractivity contribution is -0.275. The number of alkyl halides is 6. The fourth-order valence-electron chi connectivity index (χ4n) is 2.56.